The lowest BCUT2D eigenvalue weighted by molar-refractivity contribution is -0.384. The van der Waals surface area contributed by atoms with Gasteiger partial charge in [-0.05, 0) is 24.5 Å². The number of nitrogens with zero attached hydrogens (tertiary/aromatic N) is 3. The van der Waals surface area contributed by atoms with Crippen molar-refractivity contribution in [1.82, 2.24) is 15.5 Å². The fourth-order valence-electron chi connectivity index (χ4n) is 2.10. The quantitative estimate of drug-likeness (QED) is 0.664. The van der Waals surface area contributed by atoms with Crippen molar-refractivity contribution >= 4 is 11.6 Å². The predicted molar refractivity (Wildman–Crippen MR) is 87.0 cm³/mol. The summed E-state index contributed by atoms with van der Waals surface area (Å²) in [6, 6.07) is 5.43. The van der Waals surface area contributed by atoms with Crippen LogP contribution in [0.4, 0.5) is 5.69 Å². The molecule has 0 unspecified atom stereocenters. The van der Waals surface area contributed by atoms with Gasteiger partial charge in [-0.15, -0.1) is 0 Å². The summed E-state index contributed by atoms with van der Waals surface area (Å²) in [5.41, 5.74) is 0.483. The van der Waals surface area contributed by atoms with Gasteiger partial charge in [-0.25, -0.2) is 0 Å². The number of benzene rings is 1. The summed E-state index contributed by atoms with van der Waals surface area (Å²) >= 11 is 0. The van der Waals surface area contributed by atoms with Crippen LogP contribution in [0.1, 0.15) is 46.0 Å². The second kappa shape index (κ2) is 6.77. The zero-order valence-corrected chi connectivity index (χ0v) is 14.1. The maximum absolute atomic E-state index is 12.0. The Morgan fingerprint density at radius 3 is 2.50 bits per heavy atom. The number of carbonyl (C=O) groups is 1. The number of nitro groups is 1. The Balaban J connectivity index is 2.06. The second-order valence-electron chi connectivity index (χ2n) is 6.79. The minimum Gasteiger partial charge on any atom is -0.345 e. The third-order valence-electron chi connectivity index (χ3n) is 3.22. The molecule has 0 saturated heterocycles. The van der Waals surface area contributed by atoms with Crippen LogP contribution >= 0.6 is 0 Å². The normalized spacial score (nSPS) is 12.7. The highest BCUT2D eigenvalue weighted by Gasteiger charge is 2.21. The minimum absolute atomic E-state index is 0.00900. The first-order valence-corrected chi connectivity index (χ1v) is 7.53. The largest absolute Gasteiger partial charge is 0.345 e. The average molecular weight is 332 g/mol. The summed E-state index contributed by atoms with van der Waals surface area (Å²) in [7, 11) is 0. The van der Waals surface area contributed by atoms with Gasteiger partial charge in [0.15, 0.2) is 0 Å². The van der Waals surface area contributed by atoms with E-state index in [2.05, 4.69) is 15.5 Å². The van der Waals surface area contributed by atoms with Crippen molar-refractivity contribution in [2.24, 2.45) is 5.41 Å². The van der Waals surface area contributed by atoms with Gasteiger partial charge in [-0.3, -0.25) is 14.9 Å². The monoisotopic (exact) mass is 332 g/mol. The fourth-order valence-corrected chi connectivity index (χ4v) is 2.10. The number of hydrogen-bond donors (Lipinski definition) is 1. The molecule has 1 aromatic heterocycles. The Kier molecular flexibility index (Phi) is 4.96. The average Bonchev–Trinajstić information content (AvgIpc) is 2.95. The van der Waals surface area contributed by atoms with Crippen molar-refractivity contribution in [3.05, 3.63) is 40.3 Å². The number of nitrogens with one attached hydrogen (secondary N) is 1. The van der Waals surface area contributed by atoms with E-state index < -0.39 is 11.0 Å². The van der Waals surface area contributed by atoms with Crippen LogP contribution in [0.15, 0.2) is 28.8 Å². The SMILES string of the molecule is C[C@@H](NC(=O)CC(C)(C)C)c1nc(-c2ccc([N+](=O)[O-])cc2)no1. The fraction of sp³-hybridized carbons (Fsp3) is 0.438. The van der Waals surface area contributed by atoms with Crippen LogP contribution in [0, 0.1) is 15.5 Å². The van der Waals surface area contributed by atoms with E-state index >= 15 is 0 Å². The molecule has 0 aliphatic rings. The Morgan fingerprint density at radius 1 is 1.33 bits per heavy atom. The highest BCUT2D eigenvalue weighted by atomic mass is 16.6. The topological polar surface area (TPSA) is 111 Å². The molecule has 24 heavy (non-hydrogen) atoms. The van der Waals surface area contributed by atoms with Crippen molar-refractivity contribution in [1.29, 1.82) is 0 Å². The van der Waals surface area contributed by atoms with Crippen LogP contribution in [0.3, 0.4) is 0 Å². The highest BCUT2D eigenvalue weighted by Crippen LogP contribution is 2.22. The number of amides is 1. The van der Waals surface area contributed by atoms with Gasteiger partial charge in [-0.1, -0.05) is 25.9 Å². The van der Waals surface area contributed by atoms with E-state index in [4.69, 9.17) is 4.52 Å². The molecular weight excluding hydrogens is 312 g/mol. The van der Waals surface area contributed by atoms with Crippen molar-refractivity contribution < 1.29 is 14.2 Å². The van der Waals surface area contributed by atoms with Crippen LogP contribution in [0.25, 0.3) is 11.4 Å². The number of hydrogen-bond acceptors (Lipinski definition) is 6. The third-order valence-corrected chi connectivity index (χ3v) is 3.22. The van der Waals surface area contributed by atoms with E-state index in [1.165, 1.54) is 12.1 Å². The zero-order chi connectivity index (χ0) is 17.9. The van der Waals surface area contributed by atoms with Gasteiger partial charge in [0.2, 0.25) is 17.6 Å². The maximum Gasteiger partial charge on any atom is 0.269 e. The van der Waals surface area contributed by atoms with E-state index in [1.54, 1.807) is 19.1 Å². The molecule has 0 bridgehead atoms. The van der Waals surface area contributed by atoms with Gasteiger partial charge in [0.05, 0.1) is 4.92 Å². The molecular formula is C16H20N4O4. The summed E-state index contributed by atoms with van der Waals surface area (Å²) in [5.74, 6) is 0.507. The molecule has 1 heterocycles. The van der Waals surface area contributed by atoms with Gasteiger partial charge in [0, 0.05) is 24.1 Å². The Bertz CT molecular complexity index is 731. The molecule has 1 amide bonds. The van der Waals surface area contributed by atoms with E-state index in [9.17, 15) is 14.9 Å². The predicted octanol–water partition coefficient (Wildman–Crippen LogP) is 3.26. The van der Waals surface area contributed by atoms with E-state index in [0.717, 1.165) is 0 Å². The standard InChI is InChI=1S/C16H20N4O4/c1-10(17-13(21)9-16(2,3)4)15-18-14(19-24-15)11-5-7-12(8-6-11)20(22)23/h5-8,10H,9H2,1-4H3,(H,17,21)/t10-/m1/s1. The molecule has 0 aliphatic carbocycles. The van der Waals surface area contributed by atoms with Crippen molar-refractivity contribution in [3.63, 3.8) is 0 Å². The number of non-ortho nitro benzene ring substituents is 1. The minimum atomic E-state index is -0.474. The van der Waals surface area contributed by atoms with Crippen LogP contribution in [0.5, 0.6) is 0 Å². The smallest absolute Gasteiger partial charge is 0.269 e. The summed E-state index contributed by atoms with van der Waals surface area (Å²) in [4.78, 5) is 26.4. The summed E-state index contributed by atoms with van der Waals surface area (Å²) in [5, 5.41) is 17.3. The van der Waals surface area contributed by atoms with Crippen molar-refractivity contribution in [2.75, 3.05) is 0 Å². The molecule has 8 heteroatoms. The lowest BCUT2D eigenvalue weighted by Crippen LogP contribution is -2.30. The van der Waals surface area contributed by atoms with Crippen LogP contribution in [-0.4, -0.2) is 21.0 Å². The van der Waals surface area contributed by atoms with E-state index in [-0.39, 0.29) is 22.9 Å². The van der Waals surface area contributed by atoms with Crippen molar-refractivity contribution in [3.8, 4) is 11.4 Å². The third kappa shape index (κ3) is 4.61. The first-order valence-electron chi connectivity index (χ1n) is 7.53. The van der Waals surface area contributed by atoms with Gasteiger partial charge in [0.25, 0.3) is 5.69 Å². The lowest BCUT2D eigenvalue weighted by Gasteiger charge is -2.18. The molecule has 1 atom stereocenters. The summed E-state index contributed by atoms with van der Waals surface area (Å²) < 4.78 is 5.18. The van der Waals surface area contributed by atoms with Gasteiger partial charge in [0.1, 0.15) is 6.04 Å². The first-order chi connectivity index (χ1) is 11.2. The Labute approximate surface area is 139 Å². The number of carbonyl (C=O) groups excluding carboxylic acids is 1. The van der Waals surface area contributed by atoms with Gasteiger partial charge in [-0.2, -0.15) is 4.98 Å². The van der Waals surface area contributed by atoms with Gasteiger partial charge >= 0.3 is 0 Å². The van der Waals surface area contributed by atoms with E-state index in [1.807, 2.05) is 20.8 Å². The van der Waals surface area contributed by atoms with Crippen LogP contribution < -0.4 is 5.32 Å². The highest BCUT2D eigenvalue weighted by molar-refractivity contribution is 5.76. The number of aromatic nitrogens is 2. The lowest BCUT2D eigenvalue weighted by atomic mass is 9.92. The Hall–Kier alpha value is -2.77. The molecule has 8 nitrogen and oxygen atoms in total. The first kappa shape index (κ1) is 17.6. The molecule has 1 N–H and O–H groups in total. The van der Waals surface area contributed by atoms with Crippen LogP contribution in [0.2, 0.25) is 0 Å². The molecule has 0 aliphatic heterocycles. The molecule has 2 aromatic rings. The maximum atomic E-state index is 12.0. The zero-order valence-electron chi connectivity index (χ0n) is 14.1. The summed E-state index contributed by atoms with van der Waals surface area (Å²) in [6.07, 6.45) is 0.390. The molecule has 0 spiro atoms. The molecule has 0 fully saturated rings. The molecule has 0 saturated carbocycles. The molecule has 128 valence electrons. The van der Waals surface area contributed by atoms with Crippen molar-refractivity contribution in [2.45, 2.75) is 40.2 Å². The summed E-state index contributed by atoms with van der Waals surface area (Å²) in [6.45, 7) is 7.71. The number of nitro benzene ring substituents is 1. The number of rotatable bonds is 5. The Morgan fingerprint density at radius 2 is 1.96 bits per heavy atom. The molecule has 0 radical (unpaired) electrons. The van der Waals surface area contributed by atoms with Crippen LogP contribution in [-0.2, 0) is 4.79 Å². The van der Waals surface area contributed by atoms with Gasteiger partial charge < -0.3 is 9.84 Å². The van der Waals surface area contributed by atoms with E-state index in [0.29, 0.717) is 17.8 Å². The second-order valence-corrected chi connectivity index (χ2v) is 6.79. The molecule has 2 rings (SSSR count). The molecule has 1 aromatic carbocycles.